The lowest BCUT2D eigenvalue weighted by atomic mass is 9.32. The van der Waals surface area contributed by atoms with E-state index in [9.17, 15) is 19.5 Å². The molecule has 0 aromatic rings. The largest absolute Gasteiger partial charge is 0.480 e. The maximum absolute atomic E-state index is 13.8. The molecule has 5 aliphatic rings. The molecule has 6 nitrogen and oxygen atoms in total. The summed E-state index contributed by atoms with van der Waals surface area (Å²) in [6.07, 6.45) is 11.1. The van der Waals surface area contributed by atoms with Gasteiger partial charge >= 0.3 is 11.9 Å². The van der Waals surface area contributed by atoms with E-state index < -0.39 is 11.4 Å². The number of carbonyl (C=O) groups is 3. The minimum absolute atomic E-state index is 0.000236. The first-order valence-corrected chi connectivity index (χ1v) is 16.8. The molecule has 0 unspecified atom stereocenters. The number of amides is 1. The van der Waals surface area contributed by atoms with Crippen molar-refractivity contribution in [1.82, 2.24) is 5.32 Å². The first-order valence-electron chi connectivity index (χ1n) is 16.8. The Balaban J connectivity index is 1.48. The van der Waals surface area contributed by atoms with Crippen molar-refractivity contribution in [3.63, 3.8) is 0 Å². The minimum atomic E-state index is -0.967. The van der Waals surface area contributed by atoms with Gasteiger partial charge in [0.05, 0.1) is 5.41 Å². The maximum Gasteiger partial charge on any atom is 0.322 e. The Labute approximate surface area is 248 Å². The van der Waals surface area contributed by atoms with Crippen LogP contribution in [0.2, 0.25) is 0 Å². The molecular weight excluding hydrogens is 514 g/mol. The van der Waals surface area contributed by atoms with Gasteiger partial charge in [0.1, 0.15) is 12.6 Å². The lowest BCUT2D eigenvalue weighted by Gasteiger charge is -2.73. The van der Waals surface area contributed by atoms with E-state index in [2.05, 4.69) is 53.8 Å². The molecule has 0 radical (unpaired) electrons. The number of rotatable bonds is 6. The predicted molar refractivity (Wildman–Crippen MR) is 160 cm³/mol. The van der Waals surface area contributed by atoms with Crippen LogP contribution < -0.4 is 5.32 Å². The second-order valence-corrected chi connectivity index (χ2v) is 16.6. The van der Waals surface area contributed by atoms with Crippen molar-refractivity contribution in [2.75, 3.05) is 6.54 Å². The fraction of sp³-hybridized carbons (Fsp3) is 0.914. The summed E-state index contributed by atoms with van der Waals surface area (Å²) >= 11 is 0. The molecule has 232 valence electrons. The molecule has 0 spiro atoms. The van der Waals surface area contributed by atoms with Crippen LogP contribution in [0.3, 0.4) is 0 Å². The summed E-state index contributed by atoms with van der Waals surface area (Å²) in [5.74, 6) is 1.92. The molecule has 10 atom stereocenters. The van der Waals surface area contributed by atoms with E-state index in [1.165, 1.54) is 19.3 Å². The van der Waals surface area contributed by atoms with E-state index >= 15 is 0 Å². The zero-order chi connectivity index (χ0) is 30.2. The number of fused-ring (bicyclic) bond motifs is 7. The third-order valence-electron chi connectivity index (χ3n) is 14.7. The van der Waals surface area contributed by atoms with Gasteiger partial charge < -0.3 is 15.2 Å². The average molecular weight is 572 g/mol. The van der Waals surface area contributed by atoms with E-state index in [0.29, 0.717) is 41.9 Å². The highest BCUT2D eigenvalue weighted by Gasteiger charge is 2.72. The quantitative estimate of drug-likeness (QED) is 0.328. The van der Waals surface area contributed by atoms with Gasteiger partial charge in [-0.2, -0.15) is 0 Å². The summed E-state index contributed by atoms with van der Waals surface area (Å²) in [5.41, 5.74) is 0.0769. The van der Waals surface area contributed by atoms with Gasteiger partial charge in [0, 0.05) is 11.8 Å². The standard InChI is InChI=1S/C35H57NO5/c1-9-28(39)41-26-14-15-32(6)24(31(26,4)5)13-16-34(8)25(32)11-10-23-29-22(21(2)3)12-17-35(29,19-18-33(23,34)7)30(40)36-20-27(37)38/h21-26,29H,9-20H2,1-8H3,(H,36,40)(H,37,38)/t22-,23+,24-,25+,26+,29+,32-,33+,34+,35-/m0/s1. The maximum atomic E-state index is 13.8. The van der Waals surface area contributed by atoms with E-state index in [0.717, 1.165) is 44.9 Å². The van der Waals surface area contributed by atoms with Crippen LogP contribution in [0, 0.1) is 62.6 Å². The van der Waals surface area contributed by atoms with Crippen LogP contribution in [0.1, 0.15) is 126 Å². The Morgan fingerprint density at radius 3 is 2.20 bits per heavy atom. The van der Waals surface area contributed by atoms with Gasteiger partial charge in [-0.3, -0.25) is 14.4 Å². The average Bonchev–Trinajstić information content (AvgIpc) is 3.30. The number of hydrogen-bond acceptors (Lipinski definition) is 4. The monoisotopic (exact) mass is 571 g/mol. The number of ether oxygens (including phenoxy) is 1. The zero-order valence-corrected chi connectivity index (χ0v) is 27.1. The lowest BCUT2D eigenvalue weighted by molar-refractivity contribution is -0.250. The topological polar surface area (TPSA) is 92.7 Å². The number of aliphatic carboxylic acids is 1. The number of carboxylic acids is 1. The fourth-order valence-electron chi connectivity index (χ4n) is 12.5. The Kier molecular flexibility index (Phi) is 7.72. The molecule has 5 saturated carbocycles. The van der Waals surface area contributed by atoms with Gasteiger partial charge in [0.25, 0.3) is 0 Å². The molecule has 5 fully saturated rings. The van der Waals surface area contributed by atoms with Gasteiger partial charge in [-0.1, -0.05) is 55.4 Å². The Bertz CT molecular complexity index is 1070. The SMILES string of the molecule is CCC(=O)O[C@@H]1CC[C@]2(C)[C@H]3CC[C@@H]4[C@H]5[C@H](C(C)C)CC[C@]5(C(=O)NCC(=O)O)CC[C@@]4(C)[C@]3(C)CC[C@H]2C1(C)C. The van der Waals surface area contributed by atoms with E-state index in [1.807, 2.05) is 6.92 Å². The second kappa shape index (κ2) is 10.3. The zero-order valence-electron chi connectivity index (χ0n) is 27.1. The number of carboxylic acid groups (broad SMARTS) is 1. The molecule has 6 heteroatoms. The minimum Gasteiger partial charge on any atom is -0.480 e. The van der Waals surface area contributed by atoms with Crippen molar-refractivity contribution < 1.29 is 24.2 Å². The van der Waals surface area contributed by atoms with Crippen LogP contribution in [0.15, 0.2) is 0 Å². The molecule has 0 heterocycles. The summed E-state index contributed by atoms with van der Waals surface area (Å²) in [6, 6.07) is 0. The van der Waals surface area contributed by atoms with Crippen molar-refractivity contribution in [3.8, 4) is 0 Å². The summed E-state index contributed by atoms with van der Waals surface area (Å²) in [5, 5.41) is 12.2. The summed E-state index contributed by atoms with van der Waals surface area (Å²) in [7, 11) is 0. The highest BCUT2D eigenvalue weighted by Crippen LogP contribution is 2.77. The molecule has 0 aliphatic heterocycles. The van der Waals surface area contributed by atoms with E-state index in [-0.39, 0.29) is 46.2 Å². The van der Waals surface area contributed by atoms with E-state index in [1.54, 1.807) is 0 Å². The van der Waals surface area contributed by atoms with Crippen molar-refractivity contribution in [2.24, 2.45) is 62.6 Å². The Hall–Kier alpha value is -1.59. The lowest BCUT2D eigenvalue weighted by Crippen LogP contribution is -2.67. The van der Waals surface area contributed by atoms with Gasteiger partial charge in [0.15, 0.2) is 0 Å². The second-order valence-electron chi connectivity index (χ2n) is 16.6. The summed E-state index contributed by atoms with van der Waals surface area (Å²) < 4.78 is 6.05. The molecule has 0 saturated heterocycles. The highest BCUT2D eigenvalue weighted by molar-refractivity contribution is 5.86. The third-order valence-corrected chi connectivity index (χ3v) is 14.7. The van der Waals surface area contributed by atoms with Crippen LogP contribution in [0.5, 0.6) is 0 Å². The van der Waals surface area contributed by atoms with Crippen molar-refractivity contribution in [1.29, 1.82) is 0 Å². The molecule has 2 N–H and O–H groups in total. The van der Waals surface area contributed by atoms with Crippen molar-refractivity contribution in [2.45, 2.75) is 132 Å². The smallest absolute Gasteiger partial charge is 0.322 e. The van der Waals surface area contributed by atoms with Crippen LogP contribution in [-0.2, 0) is 19.1 Å². The number of hydrogen-bond donors (Lipinski definition) is 2. The van der Waals surface area contributed by atoms with Crippen molar-refractivity contribution in [3.05, 3.63) is 0 Å². The van der Waals surface area contributed by atoms with Gasteiger partial charge in [-0.15, -0.1) is 0 Å². The molecule has 1 amide bonds. The summed E-state index contributed by atoms with van der Waals surface area (Å²) in [4.78, 5) is 37.5. The predicted octanol–water partition coefficient (Wildman–Crippen LogP) is 7.25. The van der Waals surface area contributed by atoms with Gasteiger partial charge in [-0.25, -0.2) is 0 Å². The number of carbonyl (C=O) groups excluding carboxylic acids is 2. The Morgan fingerprint density at radius 2 is 1.56 bits per heavy atom. The first-order chi connectivity index (χ1) is 19.1. The number of nitrogens with one attached hydrogen (secondary N) is 1. The summed E-state index contributed by atoms with van der Waals surface area (Å²) in [6.45, 7) is 18.7. The van der Waals surface area contributed by atoms with Gasteiger partial charge in [-0.05, 0) is 116 Å². The van der Waals surface area contributed by atoms with Gasteiger partial charge in [0.2, 0.25) is 5.91 Å². The van der Waals surface area contributed by atoms with Crippen LogP contribution in [-0.4, -0.2) is 35.6 Å². The molecule has 5 aliphatic carbocycles. The Morgan fingerprint density at radius 1 is 0.854 bits per heavy atom. The van der Waals surface area contributed by atoms with Crippen molar-refractivity contribution >= 4 is 17.8 Å². The van der Waals surface area contributed by atoms with Crippen LogP contribution >= 0.6 is 0 Å². The van der Waals surface area contributed by atoms with Crippen LogP contribution in [0.4, 0.5) is 0 Å². The first kappa shape index (κ1) is 30.9. The molecular formula is C35H57NO5. The molecule has 5 rings (SSSR count). The fourth-order valence-corrected chi connectivity index (χ4v) is 12.5. The normalized spacial score (nSPS) is 46.5. The van der Waals surface area contributed by atoms with Crippen LogP contribution in [0.25, 0.3) is 0 Å². The van der Waals surface area contributed by atoms with E-state index in [4.69, 9.17) is 4.74 Å². The third kappa shape index (κ3) is 4.33. The molecule has 0 aromatic heterocycles. The highest BCUT2D eigenvalue weighted by atomic mass is 16.5. The molecule has 0 aromatic carbocycles. The molecule has 0 bridgehead atoms. The molecule has 41 heavy (non-hydrogen) atoms. The number of esters is 1.